The SMILES string of the molecule is Cc1ccccc1C1=CC(N2CCOCC2)N(C)c2ccccc21. The molecule has 1 fully saturated rings. The normalized spacial score (nSPS) is 21.3. The van der Waals surface area contributed by atoms with E-state index in [1.807, 2.05) is 0 Å². The largest absolute Gasteiger partial charge is 0.379 e. The topological polar surface area (TPSA) is 15.7 Å². The summed E-state index contributed by atoms with van der Waals surface area (Å²) in [6.07, 6.45) is 2.70. The fourth-order valence-electron chi connectivity index (χ4n) is 3.80. The molecule has 4 rings (SSSR count). The number of ether oxygens (including phenoxy) is 1. The minimum absolute atomic E-state index is 0.276. The van der Waals surface area contributed by atoms with E-state index in [9.17, 15) is 0 Å². The Morgan fingerprint density at radius 3 is 2.33 bits per heavy atom. The van der Waals surface area contributed by atoms with E-state index >= 15 is 0 Å². The lowest BCUT2D eigenvalue weighted by Gasteiger charge is -2.43. The van der Waals surface area contributed by atoms with Crippen LogP contribution in [0.15, 0.2) is 54.6 Å². The highest BCUT2D eigenvalue weighted by atomic mass is 16.5. The highest BCUT2D eigenvalue weighted by molar-refractivity contribution is 5.90. The Kier molecular flexibility index (Phi) is 4.13. The number of hydrogen-bond donors (Lipinski definition) is 0. The van der Waals surface area contributed by atoms with Crippen LogP contribution < -0.4 is 4.90 Å². The lowest BCUT2D eigenvalue weighted by Crippen LogP contribution is -2.51. The lowest BCUT2D eigenvalue weighted by atomic mass is 9.89. The zero-order chi connectivity index (χ0) is 16.5. The molecule has 2 aromatic carbocycles. The van der Waals surface area contributed by atoms with E-state index in [-0.39, 0.29) is 6.17 Å². The molecule has 0 bridgehead atoms. The number of fused-ring (bicyclic) bond motifs is 1. The van der Waals surface area contributed by atoms with Crippen molar-refractivity contribution in [3.8, 4) is 0 Å². The summed E-state index contributed by atoms with van der Waals surface area (Å²) in [6.45, 7) is 5.79. The third kappa shape index (κ3) is 2.64. The highest BCUT2D eigenvalue weighted by Crippen LogP contribution is 2.38. The van der Waals surface area contributed by atoms with Crippen LogP contribution in [0.4, 0.5) is 5.69 Å². The van der Waals surface area contributed by atoms with E-state index in [1.165, 1.54) is 28.0 Å². The van der Waals surface area contributed by atoms with Crippen molar-refractivity contribution < 1.29 is 4.74 Å². The zero-order valence-corrected chi connectivity index (χ0v) is 14.4. The van der Waals surface area contributed by atoms with Gasteiger partial charge in [0, 0.05) is 31.4 Å². The van der Waals surface area contributed by atoms with Gasteiger partial charge >= 0.3 is 0 Å². The van der Waals surface area contributed by atoms with Crippen molar-refractivity contribution in [2.24, 2.45) is 0 Å². The van der Waals surface area contributed by atoms with Gasteiger partial charge in [-0.1, -0.05) is 42.5 Å². The number of aryl methyl sites for hydroxylation is 1. The first kappa shape index (κ1) is 15.4. The Bertz CT molecular complexity index is 762. The fraction of sp³-hybridized carbons (Fsp3) is 0.333. The van der Waals surface area contributed by atoms with E-state index in [0.717, 1.165) is 26.3 Å². The van der Waals surface area contributed by atoms with Gasteiger partial charge in [0.1, 0.15) is 6.17 Å². The summed E-state index contributed by atoms with van der Waals surface area (Å²) in [5, 5.41) is 0. The monoisotopic (exact) mass is 320 g/mol. The molecule has 3 heteroatoms. The van der Waals surface area contributed by atoms with Crippen molar-refractivity contribution >= 4 is 11.3 Å². The highest BCUT2D eigenvalue weighted by Gasteiger charge is 2.29. The number of likely N-dealkylation sites (N-methyl/N-ethyl adjacent to an activating group) is 1. The maximum absolute atomic E-state index is 5.54. The molecule has 0 aromatic heterocycles. The first-order valence-electron chi connectivity index (χ1n) is 8.67. The fourth-order valence-corrected chi connectivity index (χ4v) is 3.80. The summed E-state index contributed by atoms with van der Waals surface area (Å²) in [5.41, 5.74) is 6.62. The summed E-state index contributed by atoms with van der Waals surface area (Å²) in [4.78, 5) is 4.90. The van der Waals surface area contributed by atoms with Crippen LogP contribution in [0.3, 0.4) is 0 Å². The summed E-state index contributed by atoms with van der Waals surface area (Å²) in [6, 6.07) is 17.4. The summed E-state index contributed by atoms with van der Waals surface area (Å²) in [7, 11) is 2.20. The van der Waals surface area contributed by atoms with Crippen molar-refractivity contribution in [3.05, 3.63) is 71.3 Å². The smallest absolute Gasteiger partial charge is 0.102 e. The Morgan fingerprint density at radius 1 is 0.917 bits per heavy atom. The molecule has 0 aliphatic carbocycles. The van der Waals surface area contributed by atoms with Crippen LogP contribution in [0.5, 0.6) is 0 Å². The zero-order valence-electron chi connectivity index (χ0n) is 14.4. The maximum atomic E-state index is 5.54. The molecule has 1 atom stereocenters. The molecule has 0 radical (unpaired) electrons. The Labute approximate surface area is 144 Å². The summed E-state index contributed by atoms with van der Waals surface area (Å²) in [5.74, 6) is 0. The maximum Gasteiger partial charge on any atom is 0.102 e. The van der Waals surface area contributed by atoms with Crippen molar-refractivity contribution in [2.45, 2.75) is 13.1 Å². The molecule has 0 N–H and O–H groups in total. The van der Waals surface area contributed by atoms with Gasteiger partial charge in [-0.25, -0.2) is 0 Å². The quantitative estimate of drug-likeness (QED) is 0.842. The van der Waals surface area contributed by atoms with Crippen LogP contribution in [0.2, 0.25) is 0 Å². The van der Waals surface area contributed by atoms with Gasteiger partial charge in [0.2, 0.25) is 0 Å². The van der Waals surface area contributed by atoms with Crippen LogP contribution in [0.25, 0.3) is 5.57 Å². The molecule has 2 heterocycles. The molecule has 2 aromatic rings. The van der Waals surface area contributed by atoms with Gasteiger partial charge in [-0.2, -0.15) is 0 Å². The first-order chi connectivity index (χ1) is 11.8. The van der Waals surface area contributed by atoms with Crippen molar-refractivity contribution in [1.82, 2.24) is 4.90 Å². The molecule has 24 heavy (non-hydrogen) atoms. The molecule has 124 valence electrons. The molecular formula is C21H24N2O. The number of para-hydroxylation sites is 1. The van der Waals surface area contributed by atoms with Gasteiger partial charge in [0.05, 0.1) is 13.2 Å². The van der Waals surface area contributed by atoms with Crippen LogP contribution in [-0.4, -0.2) is 44.4 Å². The molecule has 0 saturated carbocycles. The summed E-state index contributed by atoms with van der Waals surface area (Å²) >= 11 is 0. The van der Waals surface area contributed by atoms with Crippen LogP contribution in [-0.2, 0) is 4.74 Å². The Hall–Kier alpha value is -2.10. The van der Waals surface area contributed by atoms with E-state index < -0.39 is 0 Å². The third-order valence-electron chi connectivity index (χ3n) is 5.14. The van der Waals surface area contributed by atoms with Gasteiger partial charge in [0.15, 0.2) is 0 Å². The standard InChI is InChI=1S/C21H24N2O/c1-16-7-3-4-8-17(16)19-15-21(23-11-13-24-14-12-23)22(2)20-10-6-5-9-18(19)20/h3-10,15,21H,11-14H2,1-2H3. The molecule has 2 aliphatic rings. The second kappa shape index (κ2) is 6.42. The number of benzene rings is 2. The van der Waals surface area contributed by atoms with Crippen molar-refractivity contribution in [2.75, 3.05) is 38.3 Å². The molecular weight excluding hydrogens is 296 g/mol. The van der Waals surface area contributed by atoms with Crippen LogP contribution in [0.1, 0.15) is 16.7 Å². The lowest BCUT2D eigenvalue weighted by molar-refractivity contribution is 0.0258. The Balaban J connectivity index is 1.83. The van der Waals surface area contributed by atoms with Gasteiger partial charge in [-0.3, -0.25) is 4.90 Å². The number of hydrogen-bond acceptors (Lipinski definition) is 3. The number of morpholine rings is 1. The number of rotatable bonds is 2. The predicted molar refractivity (Wildman–Crippen MR) is 99.3 cm³/mol. The number of nitrogens with zero attached hydrogens (tertiary/aromatic N) is 2. The van der Waals surface area contributed by atoms with Gasteiger partial charge < -0.3 is 9.64 Å². The molecule has 1 unspecified atom stereocenters. The molecule has 0 amide bonds. The molecule has 2 aliphatic heterocycles. The second-order valence-electron chi connectivity index (χ2n) is 6.59. The minimum Gasteiger partial charge on any atom is -0.379 e. The first-order valence-corrected chi connectivity index (χ1v) is 8.67. The van der Waals surface area contributed by atoms with Gasteiger partial charge in [-0.15, -0.1) is 0 Å². The van der Waals surface area contributed by atoms with E-state index in [0.29, 0.717) is 0 Å². The van der Waals surface area contributed by atoms with Gasteiger partial charge in [-0.05, 0) is 35.8 Å². The van der Waals surface area contributed by atoms with Crippen molar-refractivity contribution in [1.29, 1.82) is 0 Å². The Morgan fingerprint density at radius 2 is 1.58 bits per heavy atom. The van der Waals surface area contributed by atoms with E-state index in [1.54, 1.807) is 0 Å². The average Bonchev–Trinajstić information content (AvgIpc) is 2.64. The molecule has 0 spiro atoms. The van der Waals surface area contributed by atoms with Crippen LogP contribution in [0, 0.1) is 6.92 Å². The van der Waals surface area contributed by atoms with Crippen molar-refractivity contribution in [3.63, 3.8) is 0 Å². The van der Waals surface area contributed by atoms with Gasteiger partial charge in [0.25, 0.3) is 0 Å². The molecule has 1 saturated heterocycles. The average molecular weight is 320 g/mol. The molecule has 3 nitrogen and oxygen atoms in total. The predicted octanol–water partition coefficient (Wildman–Crippen LogP) is 3.53. The second-order valence-corrected chi connectivity index (χ2v) is 6.59. The van der Waals surface area contributed by atoms with E-state index in [2.05, 4.69) is 78.4 Å². The van der Waals surface area contributed by atoms with E-state index in [4.69, 9.17) is 4.74 Å². The number of anilines is 1. The summed E-state index contributed by atoms with van der Waals surface area (Å²) < 4.78 is 5.54. The minimum atomic E-state index is 0.276. The third-order valence-corrected chi connectivity index (χ3v) is 5.14. The van der Waals surface area contributed by atoms with Crippen LogP contribution >= 0.6 is 0 Å².